The number of rotatable bonds is 5. The van der Waals surface area contributed by atoms with Crippen molar-refractivity contribution in [2.45, 2.75) is 26.2 Å². The Labute approximate surface area is 164 Å². The van der Waals surface area contributed by atoms with Gasteiger partial charge in [0.05, 0.1) is 5.69 Å². The number of aliphatic hydroxyl groups is 1. The zero-order valence-corrected chi connectivity index (χ0v) is 16.1. The quantitative estimate of drug-likeness (QED) is 0.753. The lowest BCUT2D eigenvalue weighted by atomic mass is 10.1. The van der Waals surface area contributed by atoms with Crippen LogP contribution in [-0.2, 0) is 17.6 Å². The van der Waals surface area contributed by atoms with E-state index < -0.39 is 12.5 Å². The Morgan fingerprint density at radius 2 is 2.18 bits per heavy atom. The Balaban J connectivity index is 1.80. The van der Waals surface area contributed by atoms with Crippen LogP contribution in [0.15, 0.2) is 24.3 Å². The van der Waals surface area contributed by atoms with E-state index in [1.54, 1.807) is 11.7 Å². The number of primary amides is 1. The van der Waals surface area contributed by atoms with Crippen molar-refractivity contribution < 1.29 is 14.7 Å². The molecule has 0 unspecified atom stereocenters. The maximum Gasteiger partial charge on any atom is 0.269 e. The van der Waals surface area contributed by atoms with Gasteiger partial charge in [0.25, 0.3) is 5.91 Å². The Hall–Kier alpha value is -3.11. The number of carbonyl (C=O) groups is 2. The average Bonchev–Trinajstić information content (AvgIpc) is 3.21. The summed E-state index contributed by atoms with van der Waals surface area (Å²) in [5.74, 6) is 5.77. The molecule has 1 aliphatic rings. The van der Waals surface area contributed by atoms with Crippen LogP contribution in [0, 0.1) is 17.8 Å². The summed E-state index contributed by atoms with van der Waals surface area (Å²) in [4.78, 5) is 24.5. The van der Waals surface area contributed by atoms with E-state index in [9.17, 15) is 9.59 Å². The minimum Gasteiger partial charge on any atom is -0.387 e. The van der Waals surface area contributed by atoms with E-state index in [1.165, 1.54) is 4.90 Å². The maximum absolute atomic E-state index is 11.8. The lowest BCUT2D eigenvalue weighted by Gasteiger charge is -2.13. The van der Waals surface area contributed by atoms with E-state index in [0.717, 1.165) is 35.3 Å². The number of hydrogen-bond donors (Lipinski definition) is 2. The van der Waals surface area contributed by atoms with Gasteiger partial charge in [0.2, 0.25) is 5.91 Å². The number of aliphatic hydroxyl groups excluding tert-OH is 1. The predicted molar refractivity (Wildman–Crippen MR) is 105 cm³/mol. The lowest BCUT2D eigenvalue weighted by molar-refractivity contribution is -0.132. The molecular formula is C21H24N4O3. The van der Waals surface area contributed by atoms with E-state index in [2.05, 4.69) is 23.9 Å². The predicted octanol–water partition coefficient (Wildman–Crippen LogP) is 0.898. The molecule has 0 bridgehead atoms. The molecule has 3 N–H and O–H groups in total. The number of nitrogens with two attached hydrogens (primary N) is 1. The summed E-state index contributed by atoms with van der Waals surface area (Å²) in [6, 6.07) is 7.66. The molecule has 0 aliphatic heterocycles. The molecule has 146 valence electrons. The second-order valence-electron chi connectivity index (χ2n) is 7.14. The monoisotopic (exact) mass is 380 g/mol. The van der Waals surface area contributed by atoms with Gasteiger partial charge in [-0.1, -0.05) is 24.8 Å². The molecular weight excluding hydrogens is 356 g/mol. The fraction of sp³-hybridized carbons (Fsp3) is 0.381. The Bertz CT molecular complexity index is 968. The molecule has 0 saturated carbocycles. The third-order valence-electron chi connectivity index (χ3n) is 4.87. The Kier molecular flexibility index (Phi) is 5.81. The van der Waals surface area contributed by atoms with Crippen molar-refractivity contribution in [3.8, 4) is 17.5 Å². The molecule has 1 aromatic heterocycles. The van der Waals surface area contributed by atoms with E-state index in [1.807, 2.05) is 24.3 Å². The highest BCUT2D eigenvalue weighted by atomic mass is 16.3. The van der Waals surface area contributed by atoms with Crippen LogP contribution in [0.3, 0.4) is 0 Å². The molecule has 3 rings (SSSR count). The number of carbonyl (C=O) groups excluding carboxylic acids is 2. The molecule has 28 heavy (non-hydrogen) atoms. The molecule has 1 aromatic carbocycles. The highest BCUT2D eigenvalue weighted by Gasteiger charge is 2.29. The number of benzene rings is 1. The molecule has 0 spiro atoms. The second-order valence-corrected chi connectivity index (χ2v) is 7.14. The second kappa shape index (κ2) is 8.28. The molecule has 0 radical (unpaired) electrons. The van der Waals surface area contributed by atoms with Crippen molar-refractivity contribution in [1.82, 2.24) is 14.7 Å². The largest absolute Gasteiger partial charge is 0.387 e. The van der Waals surface area contributed by atoms with Gasteiger partial charge in [0, 0.05) is 36.8 Å². The molecule has 1 heterocycles. The first-order valence-electron chi connectivity index (χ1n) is 9.25. The van der Waals surface area contributed by atoms with E-state index in [-0.39, 0.29) is 5.91 Å². The summed E-state index contributed by atoms with van der Waals surface area (Å²) < 4.78 is 1.80. The van der Waals surface area contributed by atoms with Crippen molar-refractivity contribution in [2.75, 3.05) is 20.2 Å². The number of nitrogens with zero attached hydrogens (tertiary/aromatic N) is 3. The smallest absolute Gasteiger partial charge is 0.269 e. The maximum atomic E-state index is 11.8. The summed E-state index contributed by atoms with van der Waals surface area (Å²) in [5.41, 5.74) is 9.52. The molecule has 1 aliphatic carbocycles. The van der Waals surface area contributed by atoms with Crippen LogP contribution in [0.2, 0.25) is 0 Å². The van der Waals surface area contributed by atoms with Crippen LogP contribution in [0.25, 0.3) is 5.69 Å². The van der Waals surface area contributed by atoms with Gasteiger partial charge in [-0.15, -0.1) is 0 Å². The first-order chi connectivity index (χ1) is 13.4. The van der Waals surface area contributed by atoms with Crippen molar-refractivity contribution in [3.63, 3.8) is 0 Å². The van der Waals surface area contributed by atoms with Crippen LogP contribution in [0.1, 0.15) is 40.7 Å². The zero-order chi connectivity index (χ0) is 20.3. The van der Waals surface area contributed by atoms with Crippen LogP contribution < -0.4 is 5.73 Å². The normalized spacial score (nSPS) is 14.9. The summed E-state index contributed by atoms with van der Waals surface area (Å²) in [6.07, 6.45) is 2.18. The number of amides is 2. The Morgan fingerprint density at radius 3 is 2.89 bits per heavy atom. The van der Waals surface area contributed by atoms with Crippen molar-refractivity contribution in [2.24, 2.45) is 11.7 Å². The highest BCUT2D eigenvalue weighted by molar-refractivity contribution is 5.92. The van der Waals surface area contributed by atoms with E-state index in [4.69, 9.17) is 10.8 Å². The minimum atomic E-state index is -0.499. The number of aromatic nitrogens is 2. The zero-order valence-electron chi connectivity index (χ0n) is 16.1. The topological polar surface area (TPSA) is 101 Å². The van der Waals surface area contributed by atoms with Crippen LogP contribution in [0.4, 0.5) is 0 Å². The van der Waals surface area contributed by atoms with Crippen LogP contribution in [0.5, 0.6) is 0 Å². The number of fused-ring (bicyclic) bond motifs is 1. The first kappa shape index (κ1) is 19.6. The first-order valence-corrected chi connectivity index (χ1v) is 9.25. The third kappa shape index (κ3) is 4.07. The highest BCUT2D eigenvalue weighted by Crippen LogP contribution is 2.31. The summed E-state index contributed by atoms with van der Waals surface area (Å²) in [6.45, 7) is 2.11. The summed E-state index contributed by atoms with van der Waals surface area (Å²) in [7, 11) is 1.64. The van der Waals surface area contributed by atoms with E-state index in [0.29, 0.717) is 24.6 Å². The van der Waals surface area contributed by atoms with Crippen molar-refractivity contribution >= 4 is 11.8 Å². The number of hydrogen-bond acceptors (Lipinski definition) is 4. The third-order valence-corrected chi connectivity index (χ3v) is 4.87. The van der Waals surface area contributed by atoms with Gasteiger partial charge in [-0.3, -0.25) is 9.59 Å². The fourth-order valence-electron chi connectivity index (χ4n) is 3.42. The standard InChI is InChI=1S/C21H24N4O3/c1-14-10-17-18(11-14)25(23-20(17)21(22)28)16-8-5-7-15(12-16)6-3-4-9-24(2)19(27)13-26/h5,7-8,12,14,26H,4,9-11,13H2,1-2H3,(H2,22,28)/t14-/m1/s1. The van der Waals surface area contributed by atoms with Gasteiger partial charge < -0.3 is 15.7 Å². The molecule has 2 aromatic rings. The average molecular weight is 380 g/mol. The van der Waals surface area contributed by atoms with Gasteiger partial charge in [0.1, 0.15) is 6.61 Å². The van der Waals surface area contributed by atoms with Gasteiger partial charge >= 0.3 is 0 Å². The van der Waals surface area contributed by atoms with Gasteiger partial charge in [-0.2, -0.15) is 5.10 Å². The lowest BCUT2D eigenvalue weighted by Crippen LogP contribution is -2.29. The fourth-order valence-corrected chi connectivity index (χ4v) is 3.42. The van der Waals surface area contributed by atoms with Gasteiger partial charge in [-0.05, 0) is 37.0 Å². The molecule has 7 nitrogen and oxygen atoms in total. The minimum absolute atomic E-state index is 0.323. The van der Waals surface area contributed by atoms with Crippen LogP contribution >= 0.6 is 0 Å². The van der Waals surface area contributed by atoms with Gasteiger partial charge in [0.15, 0.2) is 5.69 Å². The van der Waals surface area contributed by atoms with Crippen LogP contribution in [-0.4, -0.2) is 51.8 Å². The summed E-state index contributed by atoms with van der Waals surface area (Å²) in [5, 5.41) is 13.3. The number of likely N-dealkylation sites (N-methyl/N-ethyl adjacent to an activating group) is 1. The summed E-state index contributed by atoms with van der Waals surface area (Å²) >= 11 is 0. The molecule has 7 heteroatoms. The van der Waals surface area contributed by atoms with Gasteiger partial charge in [-0.25, -0.2) is 4.68 Å². The molecule has 0 saturated heterocycles. The van der Waals surface area contributed by atoms with E-state index >= 15 is 0 Å². The Morgan fingerprint density at radius 1 is 1.39 bits per heavy atom. The molecule has 0 fully saturated rings. The van der Waals surface area contributed by atoms with Crippen molar-refractivity contribution in [3.05, 3.63) is 46.8 Å². The molecule has 1 atom stereocenters. The molecule has 2 amide bonds. The van der Waals surface area contributed by atoms with Crippen molar-refractivity contribution in [1.29, 1.82) is 0 Å². The SMILES string of the molecule is C[C@@H]1Cc2c(C(N)=O)nn(-c3cccc(C#CCCN(C)C(=O)CO)c3)c2C1.